The van der Waals surface area contributed by atoms with Crippen LogP contribution < -0.4 is 10.1 Å². The summed E-state index contributed by atoms with van der Waals surface area (Å²) in [6.45, 7) is 2.74. The number of carbonyl (C=O) groups excluding carboxylic acids is 1. The molecule has 1 N–H and O–H groups in total. The molecule has 0 radical (unpaired) electrons. The molecule has 1 aromatic carbocycles. The number of pyridine rings is 1. The molecule has 1 saturated heterocycles. The van der Waals surface area contributed by atoms with Crippen LogP contribution in [-0.4, -0.2) is 37.8 Å². The van der Waals surface area contributed by atoms with E-state index in [0.717, 1.165) is 32.0 Å². The maximum Gasteiger partial charge on any atom is 0.337 e. The summed E-state index contributed by atoms with van der Waals surface area (Å²) in [5.41, 5.74) is 0.992. The van der Waals surface area contributed by atoms with Gasteiger partial charge in [0.2, 0.25) is 0 Å². The lowest BCUT2D eigenvalue weighted by Crippen LogP contribution is -2.30. The summed E-state index contributed by atoms with van der Waals surface area (Å²) in [6.07, 6.45) is 3.83. The summed E-state index contributed by atoms with van der Waals surface area (Å²) in [4.78, 5) is 15.7. The summed E-state index contributed by atoms with van der Waals surface area (Å²) in [6, 6.07) is 7.71. The molecule has 0 spiro atoms. The van der Waals surface area contributed by atoms with Gasteiger partial charge in [-0.15, -0.1) is 12.4 Å². The number of hydrogen-bond acceptors (Lipinski definition) is 5. The van der Waals surface area contributed by atoms with Gasteiger partial charge >= 0.3 is 5.97 Å². The Kier molecular flexibility index (Phi) is 7.36. The molecule has 0 atom stereocenters. The van der Waals surface area contributed by atoms with Crippen molar-refractivity contribution in [2.24, 2.45) is 5.92 Å². The summed E-state index contributed by atoms with van der Waals surface area (Å²) < 4.78 is 24.6. The molecule has 5 nitrogen and oxygen atoms in total. The van der Waals surface area contributed by atoms with Crippen LogP contribution in [0.4, 0.5) is 4.39 Å². The minimum Gasteiger partial charge on any atom is -0.492 e. The fraction of sp³-hybridized carbons (Fsp3) is 0.368. The summed E-state index contributed by atoms with van der Waals surface area (Å²) in [5, 5.41) is 3.33. The number of methoxy groups -OCH3 is 1. The lowest BCUT2D eigenvalue weighted by molar-refractivity contribution is 0.0600. The fourth-order valence-corrected chi connectivity index (χ4v) is 2.86. The van der Waals surface area contributed by atoms with Crippen molar-refractivity contribution >= 4 is 18.4 Å². The topological polar surface area (TPSA) is 60.5 Å². The van der Waals surface area contributed by atoms with E-state index in [9.17, 15) is 9.18 Å². The van der Waals surface area contributed by atoms with Crippen molar-refractivity contribution in [3.63, 3.8) is 0 Å². The predicted octanol–water partition coefficient (Wildman–Crippen LogP) is 3.47. The van der Waals surface area contributed by atoms with E-state index in [1.165, 1.54) is 19.2 Å². The molecule has 1 fully saturated rings. The highest BCUT2D eigenvalue weighted by Crippen LogP contribution is 2.24. The third-order valence-electron chi connectivity index (χ3n) is 4.35. The standard InChI is InChI=1S/C19H21FN2O3.ClH/c1-24-19(23)14-2-4-16(17(20)10-14)18-5-3-15(11-22-18)25-12-13-6-8-21-9-7-13;/h2-5,10-11,13,21H,6-9,12H2,1H3;1H. The van der Waals surface area contributed by atoms with Gasteiger partial charge in [-0.1, -0.05) is 0 Å². The number of nitrogens with zero attached hydrogens (tertiary/aromatic N) is 1. The van der Waals surface area contributed by atoms with Gasteiger partial charge < -0.3 is 14.8 Å². The zero-order valence-corrected chi connectivity index (χ0v) is 15.4. The number of nitrogens with one attached hydrogen (secondary N) is 1. The third kappa shape index (κ3) is 4.93. The number of benzene rings is 1. The van der Waals surface area contributed by atoms with Gasteiger partial charge in [0, 0.05) is 5.56 Å². The molecule has 1 aliphatic heterocycles. The molecular weight excluding hydrogens is 359 g/mol. The van der Waals surface area contributed by atoms with Gasteiger partial charge in [-0.3, -0.25) is 4.98 Å². The van der Waals surface area contributed by atoms with Crippen LogP contribution in [0.5, 0.6) is 5.75 Å². The van der Waals surface area contributed by atoms with Crippen LogP contribution in [0.25, 0.3) is 11.3 Å². The zero-order chi connectivity index (χ0) is 17.6. The van der Waals surface area contributed by atoms with Crippen LogP contribution in [0, 0.1) is 11.7 Å². The molecular formula is C19H22ClFN2O3. The first-order valence-electron chi connectivity index (χ1n) is 8.35. The highest BCUT2D eigenvalue weighted by atomic mass is 35.5. The number of hydrogen-bond donors (Lipinski definition) is 1. The average Bonchev–Trinajstić information content (AvgIpc) is 2.67. The summed E-state index contributed by atoms with van der Waals surface area (Å²) >= 11 is 0. The molecule has 2 heterocycles. The molecule has 0 saturated carbocycles. The molecule has 26 heavy (non-hydrogen) atoms. The van der Waals surface area contributed by atoms with Crippen molar-refractivity contribution in [2.75, 3.05) is 26.8 Å². The van der Waals surface area contributed by atoms with E-state index >= 15 is 0 Å². The first-order chi connectivity index (χ1) is 12.2. The maximum atomic E-state index is 14.2. The second-order valence-corrected chi connectivity index (χ2v) is 6.07. The number of piperidine rings is 1. The first kappa shape index (κ1) is 20.1. The van der Waals surface area contributed by atoms with Crippen molar-refractivity contribution in [3.8, 4) is 17.0 Å². The second-order valence-electron chi connectivity index (χ2n) is 6.07. The minimum atomic E-state index is -0.569. The first-order valence-corrected chi connectivity index (χ1v) is 8.35. The predicted molar refractivity (Wildman–Crippen MR) is 99.3 cm³/mol. The van der Waals surface area contributed by atoms with E-state index < -0.39 is 11.8 Å². The Morgan fingerprint density at radius 3 is 2.65 bits per heavy atom. The largest absolute Gasteiger partial charge is 0.492 e. The van der Waals surface area contributed by atoms with Crippen LogP contribution in [0.2, 0.25) is 0 Å². The second kappa shape index (κ2) is 9.50. The monoisotopic (exact) mass is 380 g/mol. The molecule has 3 rings (SSSR count). The highest BCUT2D eigenvalue weighted by Gasteiger charge is 2.14. The lowest BCUT2D eigenvalue weighted by atomic mass is 9.99. The highest BCUT2D eigenvalue weighted by molar-refractivity contribution is 5.90. The number of halogens is 2. The fourth-order valence-electron chi connectivity index (χ4n) is 2.86. The van der Waals surface area contributed by atoms with Crippen molar-refractivity contribution < 1.29 is 18.7 Å². The Hall–Kier alpha value is -2.18. The molecule has 0 aliphatic carbocycles. The smallest absolute Gasteiger partial charge is 0.337 e. The summed E-state index contributed by atoms with van der Waals surface area (Å²) in [5.74, 6) is 0.150. The van der Waals surface area contributed by atoms with Crippen LogP contribution in [-0.2, 0) is 4.74 Å². The lowest BCUT2D eigenvalue weighted by Gasteiger charge is -2.22. The number of aromatic nitrogens is 1. The quantitative estimate of drug-likeness (QED) is 0.805. The molecule has 2 aromatic rings. The molecule has 140 valence electrons. The van der Waals surface area contributed by atoms with Crippen LogP contribution >= 0.6 is 12.4 Å². The average molecular weight is 381 g/mol. The Morgan fingerprint density at radius 2 is 2.04 bits per heavy atom. The normalized spacial score (nSPS) is 14.4. The van der Waals surface area contributed by atoms with Gasteiger partial charge in [0.15, 0.2) is 0 Å². The van der Waals surface area contributed by atoms with Crippen molar-refractivity contribution in [3.05, 3.63) is 47.9 Å². The third-order valence-corrected chi connectivity index (χ3v) is 4.35. The van der Waals surface area contributed by atoms with Gasteiger partial charge in [-0.25, -0.2) is 9.18 Å². The minimum absolute atomic E-state index is 0. The van der Waals surface area contributed by atoms with Gasteiger partial charge in [0.25, 0.3) is 0 Å². The number of esters is 1. The summed E-state index contributed by atoms with van der Waals surface area (Å²) in [7, 11) is 1.26. The maximum absolute atomic E-state index is 14.2. The van der Waals surface area contributed by atoms with Crippen LogP contribution in [0.15, 0.2) is 36.5 Å². The van der Waals surface area contributed by atoms with E-state index in [-0.39, 0.29) is 18.0 Å². The van der Waals surface area contributed by atoms with Crippen molar-refractivity contribution in [2.45, 2.75) is 12.8 Å². The van der Waals surface area contributed by atoms with E-state index in [1.807, 2.05) is 0 Å². The molecule has 0 unspecified atom stereocenters. The Bertz CT molecular complexity index is 734. The van der Waals surface area contributed by atoms with E-state index in [4.69, 9.17) is 4.74 Å². The van der Waals surface area contributed by atoms with Gasteiger partial charge in [0.05, 0.1) is 31.2 Å². The molecule has 7 heteroatoms. The number of carbonyl (C=O) groups is 1. The van der Waals surface area contributed by atoms with E-state index in [2.05, 4.69) is 15.0 Å². The molecule has 0 amide bonds. The van der Waals surface area contributed by atoms with Crippen LogP contribution in [0.1, 0.15) is 23.2 Å². The SMILES string of the molecule is COC(=O)c1ccc(-c2ccc(OCC3CCNCC3)cn2)c(F)c1.Cl. The number of rotatable bonds is 5. The van der Waals surface area contributed by atoms with E-state index in [0.29, 0.717) is 29.5 Å². The Balaban J connectivity index is 0.00000243. The Labute approximate surface area is 158 Å². The van der Waals surface area contributed by atoms with Crippen LogP contribution in [0.3, 0.4) is 0 Å². The van der Waals surface area contributed by atoms with Gasteiger partial charge in [-0.05, 0) is 62.2 Å². The van der Waals surface area contributed by atoms with Crippen molar-refractivity contribution in [1.82, 2.24) is 10.3 Å². The van der Waals surface area contributed by atoms with Crippen molar-refractivity contribution in [1.29, 1.82) is 0 Å². The van der Waals surface area contributed by atoms with Gasteiger partial charge in [-0.2, -0.15) is 0 Å². The molecule has 1 aliphatic rings. The van der Waals surface area contributed by atoms with E-state index in [1.54, 1.807) is 18.3 Å². The van der Waals surface area contributed by atoms with Gasteiger partial charge in [0.1, 0.15) is 11.6 Å². The zero-order valence-electron chi connectivity index (χ0n) is 14.5. The molecule has 0 bridgehead atoms. The number of ether oxygens (including phenoxy) is 2. The molecule has 1 aromatic heterocycles. The Morgan fingerprint density at radius 1 is 1.27 bits per heavy atom.